The highest BCUT2D eigenvalue weighted by Gasteiger charge is 2.24. The van der Waals surface area contributed by atoms with Gasteiger partial charge in [-0.05, 0) is 30.9 Å². The van der Waals surface area contributed by atoms with Crippen LogP contribution in [0.4, 0.5) is 5.82 Å². The van der Waals surface area contributed by atoms with Crippen LogP contribution >= 0.6 is 0 Å². The van der Waals surface area contributed by atoms with E-state index >= 15 is 0 Å². The lowest BCUT2D eigenvalue weighted by Gasteiger charge is -2.30. The molecule has 1 aromatic heterocycles. The molecule has 0 atom stereocenters. The number of pyridine rings is 1. The molecule has 2 N–H and O–H groups in total. The Kier molecular flexibility index (Phi) is 4.02. The fourth-order valence-corrected chi connectivity index (χ4v) is 2.43. The molecular weight excluding hydrogens is 250 g/mol. The Balaban J connectivity index is 2.18. The van der Waals surface area contributed by atoms with Gasteiger partial charge >= 0.3 is 0 Å². The first-order valence-electron chi connectivity index (χ1n) is 7.31. The van der Waals surface area contributed by atoms with E-state index in [1.165, 1.54) is 19.3 Å². The van der Waals surface area contributed by atoms with Crippen molar-refractivity contribution in [3.8, 4) is 0 Å². The van der Waals surface area contributed by atoms with Crippen LogP contribution in [0.1, 0.15) is 56.1 Å². The summed E-state index contributed by atoms with van der Waals surface area (Å²) < 4.78 is 0. The summed E-state index contributed by atoms with van der Waals surface area (Å²) in [6.07, 6.45) is 3.77. The number of amides is 1. The molecule has 1 heterocycles. The predicted molar refractivity (Wildman–Crippen MR) is 81.7 cm³/mol. The largest absolute Gasteiger partial charge is 0.384 e. The van der Waals surface area contributed by atoms with Gasteiger partial charge in [-0.2, -0.15) is 0 Å². The summed E-state index contributed by atoms with van der Waals surface area (Å²) in [5, 5.41) is 0. The van der Waals surface area contributed by atoms with Gasteiger partial charge in [-0.3, -0.25) is 4.79 Å². The molecule has 0 spiro atoms. The maximum absolute atomic E-state index is 12.5. The monoisotopic (exact) mass is 275 g/mol. The van der Waals surface area contributed by atoms with Gasteiger partial charge < -0.3 is 10.6 Å². The van der Waals surface area contributed by atoms with E-state index in [-0.39, 0.29) is 11.3 Å². The SMILES string of the molecule is CN(CC1CCC1)C(=O)c1cc(N)nc(C(C)(C)C)c1. The summed E-state index contributed by atoms with van der Waals surface area (Å²) in [7, 11) is 1.87. The number of anilines is 1. The second kappa shape index (κ2) is 5.43. The minimum atomic E-state index is -0.114. The molecule has 0 bridgehead atoms. The van der Waals surface area contributed by atoms with Crippen molar-refractivity contribution >= 4 is 11.7 Å². The van der Waals surface area contributed by atoms with E-state index in [1.807, 2.05) is 18.0 Å². The van der Waals surface area contributed by atoms with Crippen LogP contribution in [0.5, 0.6) is 0 Å². The molecule has 0 unspecified atom stereocenters. The second-order valence-electron chi connectivity index (χ2n) is 6.90. The van der Waals surface area contributed by atoms with Crippen molar-refractivity contribution in [2.75, 3.05) is 19.3 Å². The number of carbonyl (C=O) groups is 1. The van der Waals surface area contributed by atoms with Gasteiger partial charge in [0.05, 0.1) is 0 Å². The summed E-state index contributed by atoms with van der Waals surface area (Å²) in [6, 6.07) is 3.55. The van der Waals surface area contributed by atoms with Crippen LogP contribution in [-0.2, 0) is 5.41 Å². The minimum absolute atomic E-state index is 0.0384. The van der Waals surface area contributed by atoms with Crippen LogP contribution in [-0.4, -0.2) is 29.4 Å². The standard InChI is InChI=1S/C16H25N3O/c1-16(2,3)13-8-12(9-14(17)18-13)15(20)19(4)10-11-6-5-7-11/h8-9,11H,5-7,10H2,1-4H3,(H2,17,18). The van der Waals surface area contributed by atoms with E-state index in [0.717, 1.165) is 12.2 Å². The number of hydrogen-bond donors (Lipinski definition) is 1. The second-order valence-corrected chi connectivity index (χ2v) is 6.90. The van der Waals surface area contributed by atoms with E-state index in [1.54, 1.807) is 6.07 Å². The molecule has 1 aliphatic carbocycles. The summed E-state index contributed by atoms with van der Waals surface area (Å²) in [4.78, 5) is 18.6. The first kappa shape index (κ1) is 14.8. The average molecular weight is 275 g/mol. The predicted octanol–water partition coefficient (Wildman–Crippen LogP) is 2.83. The maximum Gasteiger partial charge on any atom is 0.253 e. The van der Waals surface area contributed by atoms with Gasteiger partial charge in [0.1, 0.15) is 5.82 Å². The minimum Gasteiger partial charge on any atom is -0.384 e. The highest BCUT2D eigenvalue weighted by Crippen LogP contribution is 2.27. The Bertz CT molecular complexity index is 501. The van der Waals surface area contributed by atoms with Gasteiger partial charge in [0, 0.05) is 30.3 Å². The summed E-state index contributed by atoms with van der Waals surface area (Å²) in [5.41, 5.74) is 7.24. The van der Waals surface area contributed by atoms with E-state index in [9.17, 15) is 4.79 Å². The molecule has 1 saturated carbocycles. The maximum atomic E-state index is 12.5. The molecule has 0 radical (unpaired) electrons. The lowest BCUT2D eigenvalue weighted by Crippen LogP contribution is -2.34. The van der Waals surface area contributed by atoms with E-state index in [2.05, 4.69) is 25.8 Å². The third kappa shape index (κ3) is 3.30. The molecule has 2 rings (SSSR count). The van der Waals surface area contributed by atoms with Gasteiger partial charge in [-0.15, -0.1) is 0 Å². The Morgan fingerprint density at radius 3 is 2.55 bits per heavy atom. The van der Waals surface area contributed by atoms with Gasteiger partial charge in [0.25, 0.3) is 5.91 Å². The normalized spacial score (nSPS) is 15.8. The molecule has 4 nitrogen and oxygen atoms in total. The third-order valence-electron chi connectivity index (χ3n) is 3.96. The lowest BCUT2D eigenvalue weighted by atomic mass is 9.85. The van der Waals surface area contributed by atoms with Crippen LogP contribution in [0, 0.1) is 5.92 Å². The first-order chi connectivity index (χ1) is 9.27. The Morgan fingerprint density at radius 2 is 2.05 bits per heavy atom. The molecule has 0 saturated heterocycles. The lowest BCUT2D eigenvalue weighted by molar-refractivity contribution is 0.0745. The topological polar surface area (TPSA) is 59.2 Å². The molecule has 1 fully saturated rings. The number of nitrogens with two attached hydrogens (primary N) is 1. The van der Waals surface area contributed by atoms with E-state index in [4.69, 9.17) is 5.73 Å². The van der Waals surface area contributed by atoms with Crippen molar-refractivity contribution in [1.82, 2.24) is 9.88 Å². The number of nitrogens with zero attached hydrogens (tertiary/aromatic N) is 2. The number of rotatable bonds is 3. The zero-order chi connectivity index (χ0) is 14.9. The summed E-state index contributed by atoms with van der Waals surface area (Å²) >= 11 is 0. The number of carbonyl (C=O) groups excluding carboxylic acids is 1. The fourth-order valence-electron chi connectivity index (χ4n) is 2.43. The molecular formula is C16H25N3O. The average Bonchev–Trinajstić information content (AvgIpc) is 2.30. The van der Waals surface area contributed by atoms with Gasteiger partial charge in [-0.1, -0.05) is 27.2 Å². The highest BCUT2D eigenvalue weighted by atomic mass is 16.2. The zero-order valence-corrected chi connectivity index (χ0v) is 12.9. The smallest absolute Gasteiger partial charge is 0.253 e. The van der Waals surface area contributed by atoms with Crippen LogP contribution in [0.2, 0.25) is 0 Å². The first-order valence-corrected chi connectivity index (χ1v) is 7.31. The molecule has 1 aromatic rings. The highest BCUT2D eigenvalue weighted by molar-refractivity contribution is 5.94. The third-order valence-corrected chi connectivity index (χ3v) is 3.96. The van der Waals surface area contributed by atoms with Crippen molar-refractivity contribution in [1.29, 1.82) is 0 Å². The van der Waals surface area contributed by atoms with Crippen molar-refractivity contribution < 1.29 is 4.79 Å². The van der Waals surface area contributed by atoms with Crippen LogP contribution in [0.3, 0.4) is 0 Å². The molecule has 1 amide bonds. The fraction of sp³-hybridized carbons (Fsp3) is 0.625. The Labute approximate surface area is 121 Å². The summed E-state index contributed by atoms with van der Waals surface area (Å²) in [6.45, 7) is 7.05. The molecule has 20 heavy (non-hydrogen) atoms. The zero-order valence-electron chi connectivity index (χ0n) is 12.9. The number of hydrogen-bond acceptors (Lipinski definition) is 3. The molecule has 0 aliphatic heterocycles. The van der Waals surface area contributed by atoms with Crippen LogP contribution in [0.15, 0.2) is 12.1 Å². The van der Waals surface area contributed by atoms with Crippen molar-refractivity contribution in [2.24, 2.45) is 5.92 Å². The number of aromatic nitrogens is 1. The van der Waals surface area contributed by atoms with Gasteiger partial charge in [0.15, 0.2) is 0 Å². The quantitative estimate of drug-likeness (QED) is 0.922. The van der Waals surface area contributed by atoms with E-state index in [0.29, 0.717) is 17.3 Å². The van der Waals surface area contributed by atoms with Crippen molar-refractivity contribution in [3.63, 3.8) is 0 Å². The molecule has 110 valence electrons. The molecule has 0 aromatic carbocycles. The Hall–Kier alpha value is -1.58. The van der Waals surface area contributed by atoms with Crippen molar-refractivity contribution in [3.05, 3.63) is 23.4 Å². The molecule has 1 aliphatic rings. The van der Waals surface area contributed by atoms with Crippen molar-refractivity contribution in [2.45, 2.75) is 45.4 Å². The number of nitrogen functional groups attached to an aromatic ring is 1. The Morgan fingerprint density at radius 1 is 1.40 bits per heavy atom. The van der Waals surface area contributed by atoms with Crippen LogP contribution < -0.4 is 5.73 Å². The van der Waals surface area contributed by atoms with Gasteiger partial charge in [0.2, 0.25) is 0 Å². The van der Waals surface area contributed by atoms with Crippen LogP contribution in [0.25, 0.3) is 0 Å². The molecule has 4 heteroatoms. The van der Waals surface area contributed by atoms with Gasteiger partial charge in [-0.25, -0.2) is 4.98 Å². The van der Waals surface area contributed by atoms with E-state index < -0.39 is 0 Å². The summed E-state index contributed by atoms with van der Waals surface area (Å²) in [5.74, 6) is 1.12.